The first-order valence-electron chi connectivity index (χ1n) is 10.1. The summed E-state index contributed by atoms with van der Waals surface area (Å²) < 4.78 is 16.9. The van der Waals surface area contributed by atoms with Gasteiger partial charge in [-0.2, -0.15) is 0 Å². The first-order chi connectivity index (χ1) is 13.0. The summed E-state index contributed by atoms with van der Waals surface area (Å²) in [6, 6.07) is 0. The molecule has 0 aliphatic heterocycles. The normalized spacial score (nSPS) is 49.0. The summed E-state index contributed by atoms with van der Waals surface area (Å²) in [4.78, 5) is 24.4. The minimum absolute atomic E-state index is 0. The van der Waals surface area contributed by atoms with Crippen LogP contribution in [-0.4, -0.2) is 50.9 Å². The van der Waals surface area contributed by atoms with Crippen LogP contribution < -0.4 is 59.1 Å². The topological polar surface area (TPSA) is 94.8 Å². The molecule has 8 heteroatoms. The Balaban J connectivity index is 0.00000240. The van der Waals surface area contributed by atoms with Gasteiger partial charge in [-0.25, -0.2) is 4.39 Å². The molecule has 3 saturated carbocycles. The monoisotopic (exact) mass is 440 g/mol. The second-order valence-electron chi connectivity index (χ2n) is 9.75. The summed E-state index contributed by atoms with van der Waals surface area (Å²) in [6.07, 6.45) is 4.44. The number of ketones is 2. The standard InChI is InChI=1S/C22H29FO5.2Na.2H/c1-12-8-16-15-5-4-13-9-14(25)6-7-19(13,2)21(15,23)17(26)10-20(16,3)22(12,28)18(27)11-24;;;;/h6-7,9,12,15-17,24,26,28H,4-5,8,10-11H2,1-3H3;;;;/q;2*+1;2*-1/t12-,15+,16+,17+,19+,20+,21+,22+;;;;/m1..../s1. The Hall–Kier alpha value is 0.630. The Labute approximate surface area is 224 Å². The van der Waals surface area contributed by atoms with Gasteiger partial charge in [0.25, 0.3) is 0 Å². The molecule has 30 heavy (non-hydrogen) atoms. The molecule has 0 unspecified atom stereocenters. The van der Waals surface area contributed by atoms with Gasteiger partial charge in [0.1, 0.15) is 12.2 Å². The molecule has 5 nitrogen and oxygen atoms in total. The molecular weight excluding hydrogens is 409 g/mol. The maximum absolute atomic E-state index is 16.9. The van der Waals surface area contributed by atoms with E-state index < -0.39 is 52.4 Å². The summed E-state index contributed by atoms with van der Waals surface area (Å²) in [6.45, 7) is 4.48. The van der Waals surface area contributed by atoms with Crippen LogP contribution in [0.1, 0.15) is 49.3 Å². The van der Waals surface area contributed by atoms with Crippen LogP contribution in [0.3, 0.4) is 0 Å². The van der Waals surface area contributed by atoms with Gasteiger partial charge in [0.05, 0.1) is 6.10 Å². The molecule has 0 saturated heterocycles. The minimum Gasteiger partial charge on any atom is -1.00 e. The first-order valence-corrected chi connectivity index (χ1v) is 10.1. The van der Waals surface area contributed by atoms with E-state index in [1.54, 1.807) is 26.8 Å². The van der Waals surface area contributed by atoms with E-state index in [4.69, 9.17) is 0 Å². The van der Waals surface area contributed by atoms with Crippen LogP contribution in [0.2, 0.25) is 0 Å². The molecule has 0 bridgehead atoms. The Bertz CT molecular complexity index is 826. The maximum atomic E-state index is 16.9. The van der Waals surface area contributed by atoms with Gasteiger partial charge in [-0.15, -0.1) is 0 Å². The van der Waals surface area contributed by atoms with E-state index in [9.17, 15) is 24.9 Å². The van der Waals surface area contributed by atoms with Gasteiger partial charge in [-0.05, 0) is 56.6 Å². The number of allylic oxidation sites excluding steroid dienone is 4. The number of carbonyl (C=O) groups excluding carboxylic acids is 2. The summed E-state index contributed by atoms with van der Waals surface area (Å²) in [7, 11) is 0. The van der Waals surface area contributed by atoms with Gasteiger partial charge in [0.15, 0.2) is 17.2 Å². The van der Waals surface area contributed by atoms with E-state index in [1.165, 1.54) is 12.2 Å². The molecule has 4 aliphatic carbocycles. The molecule has 3 fully saturated rings. The molecule has 0 spiro atoms. The number of hydrogen-bond donors (Lipinski definition) is 3. The molecule has 0 aromatic heterocycles. The van der Waals surface area contributed by atoms with Crippen LogP contribution in [-0.2, 0) is 9.59 Å². The average molecular weight is 440 g/mol. The average Bonchev–Trinajstić information content (AvgIpc) is 2.84. The molecule has 0 aromatic carbocycles. The van der Waals surface area contributed by atoms with E-state index in [1.807, 2.05) is 0 Å². The number of aliphatic hydroxyl groups excluding tert-OH is 2. The fourth-order valence-electron chi connectivity index (χ4n) is 7.26. The molecular formula is C22H31FNa2O5. The first kappa shape index (κ1) is 26.9. The zero-order valence-electron chi connectivity index (χ0n) is 20.6. The number of carbonyl (C=O) groups is 2. The van der Waals surface area contributed by atoms with Crippen molar-refractivity contribution in [2.45, 2.75) is 63.8 Å². The van der Waals surface area contributed by atoms with E-state index in [0.29, 0.717) is 24.8 Å². The van der Waals surface area contributed by atoms with Crippen molar-refractivity contribution in [2.24, 2.45) is 28.6 Å². The number of alkyl halides is 1. The Kier molecular flexibility index (Phi) is 7.57. The smallest absolute Gasteiger partial charge is 1.00 e. The van der Waals surface area contributed by atoms with Gasteiger partial charge in [0.2, 0.25) is 0 Å². The van der Waals surface area contributed by atoms with Crippen molar-refractivity contribution < 1.29 is 91.3 Å². The maximum Gasteiger partial charge on any atom is 1.00 e. The van der Waals surface area contributed by atoms with Gasteiger partial charge in [0, 0.05) is 16.7 Å². The third-order valence-corrected chi connectivity index (χ3v) is 8.79. The largest absolute Gasteiger partial charge is 1.00 e. The van der Waals surface area contributed by atoms with Crippen LogP contribution in [0.15, 0.2) is 23.8 Å². The van der Waals surface area contributed by atoms with Gasteiger partial charge in [-0.1, -0.05) is 25.5 Å². The van der Waals surface area contributed by atoms with E-state index in [2.05, 4.69) is 0 Å². The molecule has 0 amide bonds. The molecule has 0 heterocycles. The van der Waals surface area contributed by atoms with E-state index in [-0.39, 0.29) is 80.1 Å². The van der Waals surface area contributed by atoms with Crippen LogP contribution in [0.25, 0.3) is 0 Å². The van der Waals surface area contributed by atoms with Crippen molar-refractivity contribution in [2.75, 3.05) is 6.61 Å². The molecule has 158 valence electrons. The van der Waals surface area contributed by atoms with Crippen molar-refractivity contribution >= 4 is 11.6 Å². The Morgan fingerprint density at radius 3 is 2.53 bits per heavy atom. The van der Waals surface area contributed by atoms with Gasteiger partial charge >= 0.3 is 59.1 Å². The van der Waals surface area contributed by atoms with E-state index in [0.717, 1.165) is 0 Å². The zero-order valence-corrected chi connectivity index (χ0v) is 22.6. The number of fused-ring (bicyclic) bond motifs is 5. The third-order valence-electron chi connectivity index (χ3n) is 8.79. The van der Waals surface area contributed by atoms with E-state index >= 15 is 4.39 Å². The number of rotatable bonds is 2. The number of halogens is 1. The zero-order chi connectivity index (χ0) is 20.7. The Morgan fingerprint density at radius 2 is 1.93 bits per heavy atom. The second-order valence-corrected chi connectivity index (χ2v) is 9.75. The second kappa shape index (κ2) is 8.44. The third kappa shape index (κ3) is 3.05. The molecule has 0 radical (unpaired) electrons. The van der Waals surface area contributed by atoms with Crippen molar-refractivity contribution in [1.82, 2.24) is 0 Å². The van der Waals surface area contributed by atoms with Crippen LogP contribution >= 0.6 is 0 Å². The molecule has 4 aliphatic rings. The van der Waals surface area contributed by atoms with Crippen LogP contribution in [0, 0.1) is 28.6 Å². The minimum atomic E-state index is -1.98. The summed E-state index contributed by atoms with van der Waals surface area (Å²) in [5, 5.41) is 32.0. The molecule has 3 N–H and O–H groups in total. The summed E-state index contributed by atoms with van der Waals surface area (Å²) in [5.74, 6) is -2.12. The van der Waals surface area contributed by atoms with Gasteiger partial charge < -0.3 is 18.2 Å². The quantitative estimate of drug-likeness (QED) is 0.382. The Morgan fingerprint density at radius 1 is 1.30 bits per heavy atom. The van der Waals surface area contributed by atoms with Gasteiger partial charge in [-0.3, -0.25) is 9.59 Å². The van der Waals surface area contributed by atoms with Crippen molar-refractivity contribution in [3.63, 3.8) is 0 Å². The number of hydrogen-bond acceptors (Lipinski definition) is 5. The predicted molar refractivity (Wildman–Crippen MR) is 102 cm³/mol. The fraction of sp³-hybridized carbons (Fsp3) is 0.727. The predicted octanol–water partition coefficient (Wildman–Crippen LogP) is -3.87. The fourth-order valence-corrected chi connectivity index (χ4v) is 7.26. The summed E-state index contributed by atoms with van der Waals surface area (Å²) in [5.41, 5.74) is -5.17. The van der Waals surface area contributed by atoms with Crippen molar-refractivity contribution in [1.29, 1.82) is 0 Å². The summed E-state index contributed by atoms with van der Waals surface area (Å²) >= 11 is 0. The van der Waals surface area contributed by atoms with Crippen LogP contribution in [0.5, 0.6) is 0 Å². The molecule has 0 aromatic rings. The van der Waals surface area contributed by atoms with Crippen molar-refractivity contribution in [3.8, 4) is 0 Å². The van der Waals surface area contributed by atoms with Crippen LogP contribution in [0.4, 0.5) is 4.39 Å². The molecule has 8 atom stereocenters. The molecule has 4 rings (SSSR count). The van der Waals surface area contributed by atoms with Crippen molar-refractivity contribution in [3.05, 3.63) is 23.8 Å². The number of Topliss-reactive ketones (excluding diaryl/α,β-unsaturated/α-hetero) is 1. The number of aliphatic hydroxyl groups is 3. The SMILES string of the molecule is C[C@@H]1C[C@H]2[C@@H]3CCC4=CC(=O)C=C[C@]4(C)[C@@]3(F)[C@@H](O)C[C@]2(C)[C@@]1(O)C(=O)CO.[H-].[H-].[Na+].[Na+].